The molecule has 2 unspecified atom stereocenters. The minimum Gasteiger partial charge on any atom is -0.496 e. The van der Waals surface area contributed by atoms with Crippen LogP contribution in [0, 0.1) is 5.41 Å². The Labute approximate surface area is 352 Å². The number of hydrogen-bond acceptors (Lipinski definition) is 12. The van der Waals surface area contributed by atoms with Crippen LogP contribution < -0.4 is 25.1 Å². The van der Waals surface area contributed by atoms with E-state index >= 15 is 0 Å². The highest BCUT2D eigenvalue weighted by atomic mass is 16.5. The van der Waals surface area contributed by atoms with Crippen molar-refractivity contribution in [3.8, 4) is 28.4 Å². The lowest BCUT2D eigenvalue weighted by Gasteiger charge is -2.57. The molecular formula is C45H50N6O10. The zero-order valence-corrected chi connectivity index (χ0v) is 34.9. The summed E-state index contributed by atoms with van der Waals surface area (Å²) >= 11 is 0. The fourth-order valence-corrected chi connectivity index (χ4v) is 9.53. The van der Waals surface area contributed by atoms with Crippen LogP contribution in [0.15, 0.2) is 59.8 Å². The fourth-order valence-electron chi connectivity index (χ4n) is 9.53. The van der Waals surface area contributed by atoms with Crippen molar-refractivity contribution in [3.63, 3.8) is 0 Å². The maximum absolute atomic E-state index is 13.2. The first kappa shape index (κ1) is 41.6. The van der Waals surface area contributed by atoms with Gasteiger partial charge in [-0.15, -0.1) is 0 Å². The third-order valence-electron chi connectivity index (χ3n) is 12.9. The van der Waals surface area contributed by atoms with Crippen molar-refractivity contribution in [2.45, 2.75) is 63.6 Å². The molecule has 4 aliphatic rings. The van der Waals surface area contributed by atoms with Crippen LogP contribution in [0.5, 0.6) is 17.2 Å². The molecule has 1 spiro atoms. The Morgan fingerprint density at radius 1 is 0.885 bits per heavy atom. The number of likely N-dealkylation sites (tertiary alicyclic amines) is 1. The molecule has 2 aromatic heterocycles. The number of ether oxygens (including phenoxy) is 4. The molecule has 5 heterocycles. The molecule has 4 aromatic rings. The van der Waals surface area contributed by atoms with Crippen LogP contribution >= 0.6 is 0 Å². The average Bonchev–Trinajstić information content (AvgIpc) is 3.50. The number of rotatable bonds is 14. The summed E-state index contributed by atoms with van der Waals surface area (Å²) in [5.74, 6) is -0.437. The molecule has 0 bridgehead atoms. The van der Waals surface area contributed by atoms with Crippen LogP contribution in [0.2, 0.25) is 0 Å². The zero-order chi connectivity index (χ0) is 43.0. The van der Waals surface area contributed by atoms with Crippen molar-refractivity contribution in [2.24, 2.45) is 12.5 Å². The first-order valence-electron chi connectivity index (χ1n) is 20.7. The summed E-state index contributed by atoms with van der Waals surface area (Å²) in [7, 11) is 7.20. The summed E-state index contributed by atoms with van der Waals surface area (Å²) in [6, 6.07) is 9.72. The molecule has 1 saturated carbocycles. The topological polar surface area (TPSA) is 179 Å². The number of imide groups is 2. The second-order valence-corrected chi connectivity index (χ2v) is 16.3. The van der Waals surface area contributed by atoms with Gasteiger partial charge in [-0.25, -0.2) is 0 Å². The molecular weight excluding hydrogens is 785 g/mol. The van der Waals surface area contributed by atoms with E-state index in [9.17, 15) is 28.8 Å². The number of pyridine rings is 2. The Balaban J connectivity index is 0.801. The molecule has 2 atom stereocenters. The van der Waals surface area contributed by atoms with E-state index in [0.29, 0.717) is 48.3 Å². The number of aromatic nitrogens is 2. The Morgan fingerprint density at radius 2 is 1.62 bits per heavy atom. The quantitative estimate of drug-likeness (QED) is 0.144. The molecule has 320 valence electrons. The average molecular weight is 835 g/mol. The van der Waals surface area contributed by atoms with Gasteiger partial charge >= 0.3 is 0 Å². The van der Waals surface area contributed by atoms with Crippen LogP contribution in [0.25, 0.3) is 21.9 Å². The third kappa shape index (κ3) is 7.85. The van der Waals surface area contributed by atoms with E-state index in [2.05, 4.69) is 22.2 Å². The van der Waals surface area contributed by atoms with Crippen LogP contribution in [0.4, 0.5) is 0 Å². The maximum atomic E-state index is 13.2. The van der Waals surface area contributed by atoms with Crippen LogP contribution in [0.1, 0.15) is 71.2 Å². The molecule has 16 heteroatoms. The number of methoxy groups -OCH3 is 2. The predicted molar refractivity (Wildman–Crippen MR) is 222 cm³/mol. The summed E-state index contributed by atoms with van der Waals surface area (Å²) in [4.78, 5) is 85.4. The Hall–Kier alpha value is -6.13. The van der Waals surface area contributed by atoms with E-state index in [4.69, 9.17) is 18.9 Å². The van der Waals surface area contributed by atoms with Gasteiger partial charge in [-0.1, -0.05) is 0 Å². The monoisotopic (exact) mass is 834 g/mol. The zero-order valence-electron chi connectivity index (χ0n) is 34.9. The summed E-state index contributed by atoms with van der Waals surface area (Å²) in [6.07, 6.45) is 9.53. The van der Waals surface area contributed by atoms with Gasteiger partial charge in [0.25, 0.3) is 17.4 Å². The molecule has 61 heavy (non-hydrogen) atoms. The number of benzene rings is 2. The van der Waals surface area contributed by atoms with Gasteiger partial charge in [0, 0.05) is 63.3 Å². The van der Waals surface area contributed by atoms with Crippen LogP contribution in [-0.2, 0) is 32.7 Å². The van der Waals surface area contributed by atoms with Gasteiger partial charge in [0.15, 0.2) is 0 Å². The third-order valence-corrected chi connectivity index (χ3v) is 12.9. The highest BCUT2D eigenvalue weighted by Crippen LogP contribution is 2.52. The molecule has 5 amide bonds. The number of hydrogen-bond donors (Lipinski definition) is 1. The van der Waals surface area contributed by atoms with E-state index in [1.165, 1.54) is 12.1 Å². The highest BCUT2D eigenvalue weighted by Gasteiger charge is 2.50. The summed E-state index contributed by atoms with van der Waals surface area (Å²) in [5, 5.41) is 3.54. The van der Waals surface area contributed by atoms with Crippen molar-refractivity contribution in [1.29, 1.82) is 0 Å². The number of fused-ring (bicyclic) bond motifs is 2. The number of nitrogens with one attached hydrogen (secondary N) is 1. The van der Waals surface area contributed by atoms with Crippen molar-refractivity contribution in [2.75, 3.05) is 54.2 Å². The van der Waals surface area contributed by atoms with Gasteiger partial charge in [-0.3, -0.25) is 48.9 Å². The maximum Gasteiger partial charge on any atom is 0.262 e. The van der Waals surface area contributed by atoms with E-state index in [-0.39, 0.29) is 67.1 Å². The number of nitrogens with zero attached hydrogens (tertiary/aromatic N) is 5. The van der Waals surface area contributed by atoms with E-state index in [0.717, 1.165) is 52.7 Å². The molecule has 8 rings (SSSR count). The molecule has 3 aliphatic heterocycles. The Morgan fingerprint density at radius 3 is 2.31 bits per heavy atom. The number of piperidine rings is 2. The van der Waals surface area contributed by atoms with Gasteiger partial charge in [-0.05, 0) is 91.9 Å². The number of carbonyl (C=O) groups is 5. The minimum atomic E-state index is -1.04. The SMILES string of the molecule is COc1cc(-c2cn(C)c(=O)c3cnccc23)cc(OC)c1CN(C)C1CCC12CCN(C(=O)CCOCCOc1ccc3c(c1)C(=O)N(C1CCC(=O)NC1=O)C3=O)CC2. The second kappa shape index (κ2) is 17.1. The van der Waals surface area contributed by atoms with Crippen LogP contribution in [0.3, 0.4) is 0 Å². The van der Waals surface area contributed by atoms with Crippen molar-refractivity contribution in [3.05, 3.63) is 82.0 Å². The predicted octanol–water partition coefficient (Wildman–Crippen LogP) is 3.71. The first-order chi connectivity index (χ1) is 29.4. The van der Waals surface area contributed by atoms with Crippen molar-refractivity contribution < 1.29 is 42.9 Å². The molecule has 2 aromatic carbocycles. The fraction of sp³-hybridized carbons (Fsp3) is 0.444. The Bertz CT molecular complexity index is 2450. The number of carbonyl (C=O) groups excluding carboxylic acids is 5. The Kier molecular flexibility index (Phi) is 11.7. The highest BCUT2D eigenvalue weighted by molar-refractivity contribution is 6.23. The van der Waals surface area contributed by atoms with Crippen molar-refractivity contribution in [1.82, 2.24) is 29.6 Å². The molecule has 1 aliphatic carbocycles. The number of amides is 5. The standard InChI is InChI=1S/C45H50N6O10/c1-48(26-34-36(58-3)21-27(22-37(34)59-4)33-25-49(2)42(55)32-24-46-15-10-29(32)33)38-9-12-45(38)13-16-50(17-14-45)40(53)11-18-60-19-20-61-28-5-6-30-31(23-28)44(57)51(43(30)56)35-7-8-39(52)47-41(35)54/h5-6,10,15,21-25,35,38H,7-9,11-14,16-20,26H2,1-4H3,(H,47,52,54). The lowest BCUT2D eigenvalue weighted by molar-refractivity contribution is -0.138. The smallest absolute Gasteiger partial charge is 0.262 e. The van der Waals surface area contributed by atoms with E-state index in [1.54, 1.807) is 44.3 Å². The van der Waals surface area contributed by atoms with Crippen molar-refractivity contribution >= 4 is 40.3 Å². The van der Waals surface area contributed by atoms with E-state index < -0.39 is 29.7 Å². The van der Waals surface area contributed by atoms with Crippen LogP contribution in [-0.4, -0.2) is 120 Å². The lowest BCUT2D eigenvalue weighted by atomic mass is 9.58. The number of aryl methyl sites for hydroxylation is 1. The molecule has 1 N–H and O–H groups in total. The van der Waals surface area contributed by atoms with Gasteiger partial charge < -0.3 is 28.4 Å². The summed E-state index contributed by atoms with van der Waals surface area (Å²) in [5.41, 5.74) is 3.03. The second-order valence-electron chi connectivity index (χ2n) is 16.3. The van der Waals surface area contributed by atoms with E-state index in [1.807, 2.05) is 29.3 Å². The van der Waals surface area contributed by atoms with Gasteiger partial charge in [0.1, 0.15) is 29.9 Å². The molecule has 3 fully saturated rings. The largest absolute Gasteiger partial charge is 0.496 e. The van der Waals surface area contributed by atoms with Gasteiger partial charge in [0.05, 0.1) is 55.9 Å². The summed E-state index contributed by atoms with van der Waals surface area (Å²) < 4.78 is 25.0. The minimum absolute atomic E-state index is 0.0480. The molecule has 16 nitrogen and oxygen atoms in total. The first-order valence-corrected chi connectivity index (χ1v) is 20.7. The normalized spacial score (nSPS) is 19.6. The molecule has 0 radical (unpaired) electrons. The molecule has 2 saturated heterocycles. The van der Waals surface area contributed by atoms with Gasteiger partial charge in [0.2, 0.25) is 17.7 Å². The summed E-state index contributed by atoms with van der Waals surface area (Å²) in [6.45, 7) is 2.63. The van der Waals surface area contributed by atoms with Gasteiger partial charge in [-0.2, -0.15) is 0 Å². The lowest BCUT2D eigenvalue weighted by Crippen LogP contribution is -2.58.